The number of nitrogens with one attached hydrogen (secondary N) is 2. The Morgan fingerprint density at radius 1 is 1.00 bits per heavy atom. The molecule has 2 aromatic carbocycles. The van der Waals surface area contributed by atoms with Gasteiger partial charge in [0.2, 0.25) is 0 Å². The number of piperazine rings is 1. The molecule has 0 radical (unpaired) electrons. The number of benzene rings is 2. The van der Waals surface area contributed by atoms with Gasteiger partial charge in [0.1, 0.15) is 6.04 Å². The van der Waals surface area contributed by atoms with Crippen LogP contribution in [0.3, 0.4) is 0 Å². The summed E-state index contributed by atoms with van der Waals surface area (Å²) in [6.45, 7) is 0.795. The van der Waals surface area contributed by atoms with Crippen molar-refractivity contribution in [2.75, 3.05) is 42.9 Å². The van der Waals surface area contributed by atoms with Crippen molar-refractivity contribution in [1.29, 1.82) is 0 Å². The molecule has 0 aliphatic carbocycles. The summed E-state index contributed by atoms with van der Waals surface area (Å²) < 4.78 is 67.3. The number of carboxylic acid groups (broad SMARTS) is 2. The van der Waals surface area contributed by atoms with E-state index in [1.807, 2.05) is 4.90 Å². The molecule has 0 bridgehead atoms. The van der Waals surface area contributed by atoms with Gasteiger partial charge in [0.05, 0.1) is 23.4 Å². The Labute approximate surface area is 236 Å². The molecule has 224 valence electrons. The topological polar surface area (TPSA) is 122 Å². The fraction of sp³-hybridized carbons (Fsp3) is 0.423. The Morgan fingerprint density at radius 3 is 2.29 bits per heavy atom. The van der Waals surface area contributed by atoms with Gasteiger partial charge < -0.3 is 25.7 Å². The molecular formula is C26H28ClF5N4O5. The molecule has 1 aliphatic rings. The third-order valence-electron chi connectivity index (χ3n) is 6.52. The van der Waals surface area contributed by atoms with Crippen LogP contribution in [0.5, 0.6) is 0 Å². The third-order valence-corrected chi connectivity index (χ3v) is 6.76. The molecule has 41 heavy (non-hydrogen) atoms. The molecule has 15 heteroatoms. The second-order valence-electron chi connectivity index (χ2n) is 9.41. The van der Waals surface area contributed by atoms with Crippen molar-refractivity contribution in [3.8, 4) is 0 Å². The fourth-order valence-electron chi connectivity index (χ4n) is 4.27. The highest BCUT2D eigenvalue weighted by Crippen LogP contribution is 2.31. The van der Waals surface area contributed by atoms with Crippen molar-refractivity contribution in [2.45, 2.75) is 38.0 Å². The average Bonchev–Trinajstić information content (AvgIpc) is 2.90. The maximum Gasteiger partial charge on any atom is 0.390 e. The molecule has 1 unspecified atom stereocenters. The van der Waals surface area contributed by atoms with E-state index in [1.54, 1.807) is 11.0 Å². The minimum Gasteiger partial charge on any atom is -0.481 e. The van der Waals surface area contributed by atoms with Gasteiger partial charge in [-0.05, 0) is 30.7 Å². The van der Waals surface area contributed by atoms with Gasteiger partial charge in [0.25, 0.3) is 5.91 Å². The lowest BCUT2D eigenvalue weighted by Gasteiger charge is -2.37. The summed E-state index contributed by atoms with van der Waals surface area (Å²) >= 11 is 6.13. The zero-order valence-electron chi connectivity index (χ0n) is 21.6. The highest BCUT2D eigenvalue weighted by atomic mass is 35.5. The molecule has 1 amide bonds. The van der Waals surface area contributed by atoms with Crippen LogP contribution in [0.25, 0.3) is 0 Å². The smallest absolute Gasteiger partial charge is 0.390 e. The zero-order chi connectivity index (χ0) is 30.3. The average molecular weight is 607 g/mol. The van der Waals surface area contributed by atoms with E-state index in [0.29, 0.717) is 36.9 Å². The van der Waals surface area contributed by atoms with Crippen LogP contribution < -0.4 is 15.5 Å². The molecule has 1 fully saturated rings. The van der Waals surface area contributed by atoms with E-state index in [2.05, 4.69) is 10.6 Å². The number of nitrogens with zero attached hydrogens (tertiary/aromatic N) is 2. The summed E-state index contributed by atoms with van der Waals surface area (Å²) in [6, 6.07) is 5.34. The first-order valence-electron chi connectivity index (χ1n) is 12.5. The van der Waals surface area contributed by atoms with E-state index in [9.17, 15) is 41.4 Å². The monoisotopic (exact) mass is 606 g/mol. The van der Waals surface area contributed by atoms with Crippen LogP contribution in [0.4, 0.5) is 33.3 Å². The highest BCUT2D eigenvalue weighted by molar-refractivity contribution is 6.31. The number of anilines is 2. The molecule has 9 nitrogen and oxygen atoms in total. The van der Waals surface area contributed by atoms with Crippen LogP contribution in [0.15, 0.2) is 30.3 Å². The number of carboxylic acids is 2. The summed E-state index contributed by atoms with van der Waals surface area (Å²) in [6.07, 6.45) is -5.90. The largest absolute Gasteiger partial charge is 0.481 e. The minimum atomic E-state index is -4.26. The molecule has 1 atom stereocenters. The predicted octanol–water partition coefficient (Wildman–Crippen LogP) is 4.35. The molecule has 1 saturated heterocycles. The standard InChI is InChI=1S/C26H28ClF5N4O5/c27-16-2-4-18(20(13-16)36-11-9-35(10-12-36)8-7-26(30,31)32)34-24(39)17-3-1-15(22(28)23(17)29)14-33-19(25(40)41)5-6-21(37)38/h1-4,13,19,33H,5-12,14H2,(H,34,39)(H,37,38)(H,40,41). The summed E-state index contributed by atoms with van der Waals surface area (Å²) in [4.78, 5) is 38.4. The number of carbonyl (C=O) groups excluding carboxylic acids is 1. The van der Waals surface area contributed by atoms with E-state index in [0.717, 1.165) is 12.1 Å². The number of aliphatic carboxylic acids is 2. The second-order valence-corrected chi connectivity index (χ2v) is 9.85. The fourth-order valence-corrected chi connectivity index (χ4v) is 4.44. The van der Waals surface area contributed by atoms with Gasteiger partial charge in [0.15, 0.2) is 11.6 Å². The molecule has 0 saturated carbocycles. The zero-order valence-corrected chi connectivity index (χ0v) is 22.4. The van der Waals surface area contributed by atoms with Crippen molar-refractivity contribution < 1.29 is 46.5 Å². The van der Waals surface area contributed by atoms with Gasteiger partial charge in [-0.2, -0.15) is 13.2 Å². The summed E-state index contributed by atoms with van der Waals surface area (Å²) in [7, 11) is 0. The number of rotatable bonds is 12. The van der Waals surface area contributed by atoms with Crippen molar-refractivity contribution >= 4 is 40.8 Å². The number of amides is 1. The third kappa shape index (κ3) is 9.26. The van der Waals surface area contributed by atoms with Gasteiger partial charge in [0, 0.05) is 56.3 Å². The molecule has 3 rings (SSSR count). The Kier molecular flexibility index (Phi) is 10.9. The van der Waals surface area contributed by atoms with Gasteiger partial charge in [-0.1, -0.05) is 17.7 Å². The molecule has 4 N–H and O–H groups in total. The number of hydrogen-bond donors (Lipinski definition) is 4. The van der Waals surface area contributed by atoms with Crippen LogP contribution in [-0.2, 0) is 16.1 Å². The Bertz CT molecular complexity index is 1270. The SMILES string of the molecule is O=C(O)CCC(NCc1ccc(C(=O)Nc2ccc(Cl)cc2N2CCN(CCC(F)(F)F)CC2)c(F)c1F)C(=O)O. The quantitative estimate of drug-likeness (QED) is 0.263. The van der Waals surface area contributed by atoms with Gasteiger partial charge >= 0.3 is 18.1 Å². The Morgan fingerprint density at radius 2 is 1.68 bits per heavy atom. The maximum atomic E-state index is 14.9. The summed E-state index contributed by atoms with van der Waals surface area (Å²) in [5, 5.41) is 23.3. The lowest BCUT2D eigenvalue weighted by atomic mass is 10.1. The molecule has 1 heterocycles. The van der Waals surface area contributed by atoms with Crippen LogP contribution in [0.2, 0.25) is 5.02 Å². The minimum absolute atomic E-state index is 0.133. The lowest BCUT2D eigenvalue weighted by molar-refractivity contribution is -0.141. The second kappa shape index (κ2) is 13.9. The van der Waals surface area contributed by atoms with E-state index in [4.69, 9.17) is 16.7 Å². The number of hydrogen-bond acceptors (Lipinski definition) is 6. The van der Waals surface area contributed by atoms with Crippen molar-refractivity contribution in [2.24, 2.45) is 0 Å². The van der Waals surface area contributed by atoms with E-state index in [-0.39, 0.29) is 24.2 Å². The van der Waals surface area contributed by atoms with Crippen LogP contribution in [0.1, 0.15) is 35.2 Å². The van der Waals surface area contributed by atoms with Crippen molar-refractivity contribution in [3.05, 3.63) is 58.1 Å². The first kappa shape index (κ1) is 32.0. The first-order valence-corrected chi connectivity index (χ1v) is 12.9. The number of carbonyl (C=O) groups is 3. The van der Waals surface area contributed by atoms with E-state index in [1.165, 1.54) is 12.1 Å². The highest BCUT2D eigenvalue weighted by Gasteiger charge is 2.29. The van der Waals surface area contributed by atoms with Crippen molar-refractivity contribution in [1.82, 2.24) is 10.2 Å². The van der Waals surface area contributed by atoms with Gasteiger partial charge in [-0.3, -0.25) is 19.3 Å². The number of alkyl halides is 3. The molecule has 0 aromatic heterocycles. The normalized spacial score (nSPS) is 15.0. The lowest BCUT2D eigenvalue weighted by Crippen LogP contribution is -2.47. The van der Waals surface area contributed by atoms with Crippen LogP contribution >= 0.6 is 11.6 Å². The van der Waals surface area contributed by atoms with Crippen LogP contribution in [-0.4, -0.2) is 77.9 Å². The maximum absolute atomic E-state index is 14.9. The number of halogens is 6. The summed E-state index contributed by atoms with van der Waals surface area (Å²) in [5.74, 6) is -6.38. The predicted molar refractivity (Wildman–Crippen MR) is 140 cm³/mol. The molecule has 0 spiro atoms. The van der Waals surface area contributed by atoms with E-state index >= 15 is 0 Å². The van der Waals surface area contributed by atoms with Gasteiger partial charge in [-0.25, -0.2) is 8.78 Å². The van der Waals surface area contributed by atoms with E-state index < -0.39 is 66.6 Å². The Hall–Kier alpha value is -3.49. The molecule has 2 aromatic rings. The van der Waals surface area contributed by atoms with Gasteiger partial charge in [-0.15, -0.1) is 0 Å². The van der Waals surface area contributed by atoms with Crippen molar-refractivity contribution in [3.63, 3.8) is 0 Å². The molecule has 1 aliphatic heterocycles. The Balaban J connectivity index is 1.69. The first-order chi connectivity index (χ1) is 19.2. The van der Waals surface area contributed by atoms with Crippen LogP contribution in [0, 0.1) is 11.6 Å². The summed E-state index contributed by atoms with van der Waals surface area (Å²) in [5.41, 5.74) is -0.193. The molecular weight excluding hydrogens is 579 g/mol.